The molecule has 176 valence electrons. The van der Waals surface area contributed by atoms with Crippen molar-refractivity contribution in [3.05, 3.63) is 48.6 Å². The third-order valence-electron chi connectivity index (χ3n) is 2.67. The Labute approximate surface area is 184 Å². The van der Waals surface area contributed by atoms with Gasteiger partial charge in [0.1, 0.15) is 12.7 Å². The van der Waals surface area contributed by atoms with E-state index in [1.54, 1.807) is 27.7 Å². The zero-order valence-corrected chi connectivity index (χ0v) is 19.2. The van der Waals surface area contributed by atoms with E-state index >= 15 is 0 Å². The molecule has 1 saturated heterocycles. The first-order valence-corrected chi connectivity index (χ1v) is 9.10. The highest BCUT2D eigenvalue weighted by atomic mass is 16.6. The normalized spacial score (nSPS) is 12.4. The fourth-order valence-electron chi connectivity index (χ4n) is 0.885. The van der Waals surface area contributed by atoms with Crippen LogP contribution in [0.15, 0.2) is 48.6 Å². The second-order valence-corrected chi connectivity index (χ2v) is 6.19. The van der Waals surface area contributed by atoms with Crippen molar-refractivity contribution in [3.63, 3.8) is 0 Å². The van der Waals surface area contributed by atoms with Crippen molar-refractivity contribution in [1.82, 2.24) is 0 Å². The van der Waals surface area contributed by atoms with Crippen LogP contribution in [0.5, 0.6) is 0 Å². The van der Waals surface area contributed by atoms with E-state index in [0.29, 0.717) is 36.5 Å². The molecule has 0 aromatic carbocycles. The number of ether oxygens (including phenoxy) is 4. The number of carbonyl (C=O) groups is 4. The molecule has 0 saturated carbocycles. The summed E-state index contributed by atoms with van der Waals surface area (Å²) in [6.45, 7) is 22.9. The van der Waals surface area contributed by atoms with Gasteiger partial charge in [-0.2, -0.15) is 0 Å². The number of aliphatic carboxylic acids is 1. The van der Waals surface area contributed by atoms with Crippen molar-refractivity contribution in [1.29, 1.82) is 0 Å². The van der Waals surface area contributed by atoms with E-state index in [1.807, 2.05) is 0 Å². The summed E-state index contributed by atoms with van der Waals surface area (Å²) in [5.41, 5.74) is 1.49. The van der Waals surface area contributed by atoms with Gasteiger partial charge in [0.2, 0.25) is 0 Å². The molecule has 1 rings (SSSR count). The lowest BCUT2D eigenvalue weighted by molar-refractivity contribution is -0.139. The largest absolute Gasteiger partial charge is 0.478 e. The van der Waals surface area contributed by atoms with Gasteiger partial charge in [-0.15, -0.1) is 0 Å². The minimum absolute atomic E-state index is 0.142. The second kappa shape index (κ2) is 18.8. The summed E-state index contributed by atoms with van der Waals surface area (Å²) in [5.74, 6) is -1.93. The maximum absolute atomic E-state index is 10.7. The average molecular weight is 443 g/mol. The van der Waals surface area contributed by atoms with Gasteiger partial charge in [-0.1, -0.05) is 26.3 Å². The predicted molar refractivity (Wildman–Crippen MR) is 116 cm³/mol. The standard InChI is InChI=1S/C7H10O3.C6H10O2.C5H8O2.C4H6O2/c1-5(2)7(8)10-4-6-3-9-6;1-4-8-6(7)5(2)3;1-4(2)5(6)7-3;1-3(2)4(5)6/h6H,1,3-4H2,2H3;2,4H2,1,3H3;1H2,2-3H3;1H2,2H3,(H,5,6). The summed E-state index contributed by atoms with van der Waals surface area (Å²) in [5, 5.41) is 7.89. The van der Waals surface area contributed by atoms with Gasteiger partial charge in [-0.25, -0.2) is 19.2 Å². The van der Waals surface area contributed by atoms with Crippen LogP contribution in [0.2, 0.25) is 0 Å². The van der Waals surface area contributed by atoms with E-state index in [9.17, 15) is 19.2 Å². The van der Waals surface area contributed by atoms with Crippen molar-refractivity contribution >= 4 is 23.9 Å². The Morgan fingerprint density at radius 3 is 1.35 bits per heavy atom. The number of hydrogen-bond acceptors (Lipinski definition) is 8. The van der Waals surface area contributed by atoms with Crippen LogP contribution in [0.1, 0.15) is 34.6 Å². The molecule has 9 heteroatoms. The van der Waals surface area contributed by atoms with Crippen molar-refractivity contribution in [2.24, 2.45) is 0 Å². The Hall–Kier alpha value is -3.20. The quantitative estimate of drug-likeness (QED) is 0.274. The smallest absolute Gasteiger partial charge is 0.333 e. The molecular formula is C22H34O9. The molecule has 31 heavy (non-hydrogen) atoms. The SMILES string of the molecule is C=C(C)C(=O)O.C=C(C)C(=O)OC.C=C(C)C(=O)OCC.C=C(C)C(=O)OCC1CO1. The average Bonchev–Trinajstić information content (AvgIpc) is 3.51. The fourth-order valence-corrected chi connectivity index (χ4v) is 0.885. The highest BCUT2D eigenvalue weighted by molar-refractivity contribution is 5.87. The molecule has 1 heterocycles. The molecule has 1 aliphatic rings. The molecule has 0 amide bonds. The molecule has 0 aromatic heterocycles. The zero-order valence-electron chi connectivity index (χ0n) is 19.2. The molecule has 0 radical (unpaired) electrons. The molecule has 9 nitrogen and oxygen atoms in total. The number of methoxy groups -OCH3 is 1. The van der Waals surface area contributed by atoms with Gasteiger partial charge in [0.25, 0.3) is 0 Å². The number of carboxylic acid groups (broad SMARTS) is 1. The van der Waals surface area contributed by atoms with Crippen molar-refractivity contribution in [2.75, 3.05) is 26.9 Å². The maximum Gasteiger partial charge on any atom is 0.333 e. The first-order chi connectivity index (χ1) is 14.2. The molecule has 1 fully saturated rings. The van der Waals surface area contributed by atoms with Gasteiger partial charge >= 0.3 is 23.9 Å². The van der Waals surface area contributed by atoms with Gasteiger partial charge in [-0.05, 0) is 34.6 Å². The molecule has 0 aromatic rings. The highest BCUT2D eigenvalue weighted by Crippen LogP contribution is 2.09. The van der Waals surface area contributed by atoms with E-state index in [-0.39, 0.29) is 29.6 Å². The minimum atomic E-state index is -0.935. The van der Waals surface area contributed by atoms with Crippen LogP contribution in [-0.2, 0) is 38.1 Å². The van der Waals surface area contributed by atoms with Gasteiger partial charge in [0.05, 0.1) is 20.3 Å². The lowest BCUT2D eigenvalue weighted by atomic mass is 10.4. The minimum Gasteiger partial charge on any atom is -0.478 e. The van der Waals surface area contributed by atoms with Crippen molar-refractivity contribution in [2.45, 2.75) is 40.7 Å². The van der Waals surface area contributed by atoms with Crippen LogP contribution >= 0.6 is 0 Å². The van der Waals surface area contributed by atoms with Crippen LogP contribution in [0, 0.1) is 0 Å². The molecule has 1 aliphatic heterocycles. The predicted octanol–water partition coefficient (Wildman–Crippen LogP) is 3.01. The van der Waals surface area contributed by atoms with Gasteiger partial charge in [-0.3, -0.25) is 0 Å². The van der Waals surface area contributed by atoms with Crippen LogP contribution in [0.3, 0.4) is 0 Å². The first-order valence-electron chi connectivity index (χ1n) is 9.10. The van der Waals surface area contributed by atoms with Gasteiger partial charge in [0.15, 0.2) is 0 Å². The number of esters is 3. The molecule has 1 unspecified atom stereocenters. The van der Waals surface area contributed by atoms with Gasteiger partial charge in [0, 0.05) is 22.3 Å². The van der Waals surface area contributed by atoms with E-state index in [2.05, 4.69) is 35.8 Å². The van der Waals surface area contributed by atoms with Crippen molar-refractivity contribution < 1.29 is 43.2 Å². The monoisotopic (exact) mass is 442 g/mol. The number of carbonyl (C=O) groups excluding carboxylic acids is 3. The molecular weight excluding hydrogens is 408 g/mol. The summed E-state index contributed by atoms with van der Waals surface area (Å²) >= 11 is 0. The summed E-state index contributed by atoms with van der Waals surface area (Å²) in [6.07, 6.45) is 0.142. The second-order valence-electron chi connectivity index (χ2n) is 6.19. The fraction of sp³-hybridized carbons (Fsp3) is 0.455. The number of hydrogen-bond donors (Lipinski definition) is 1. The lowest BCUT2D eigenvalue weighted by Gasteiger charge is -1.99. The Bertz CT molecular complexity index is 658. The Morgan fingerprint density at radius 2 is 1.19 bits per heavy atom. The molecule has 0 bridgehead atoms. The Balaban J connectivity index is -0.000000345. The van der Waals surface area contributed by atoms with Crippen LogP contribution in [0.4, 0.5) is 0 Å². The Kier molecular flexibility index (Phi) is 19.7. The first kappa shape index (κ1) is 32.5. The molecule has 1 N–H and O–H groups in total. The zero-order chi connectivity index (χ0) is 25.1. The van der Waals surface area contributed by atoms with Crippen LogP contribution in [-0.4, -0.2) is 62.0 Å². The maximum atomic E-state index is 10.7. The van der Waals surface area contributed by atoms with E-state index in [4.69, 9.17) is 14.6 Å². The molecule has 0 spiro atoms. The summed E-state index contributed by atoms with van der Waals surface area (Å²) in [7, 11) is 1.33. The summed E-state index contributed by atoms with van der Waals surface area (Å²) in [4.78, 5) is 40.9. The highest BCUT2D eigenvalue weighted by Gasteiger charge is 2.24. The lowest BCUT2D eigenvalue weighted by Crippen LogP contribution is -2.09. The molecule has 1 atom stereocenters. The Morgan fingerprint density at radius 1 is 0.839 bits per heavy atom. The number of epoxide rings is 1. The van der Waals surface area contributed by atoms with Crippen LogP contribution < -0.4 is 0 Å². The molecule has 0 aliphatic carbocycles. The van der Waals surface area contributed by atoms with Crippen LogP contribution in [0.25, 0.3) is 0 Å². The number of carboxylic acids is 1. The van der Waals surface area contributed by atoms with Gasteiger partial charge < -0.3 is 24.1 Å². The van der Waals surface area contributed by atoms with E-state index < -0.39 is 5.97 Å². The summed E-state index contributed by atoms with van der Waals surface area (Å²) < 4.78 is 18.4. The van der Waals surface area contributed by atoms with E-state index in [1.165, 1.54) is 14.0 Å². The third kappa shape index (κ3) is 24.8. The topological polar surface area (TPSA) is 129 Å². The third-order valence-corrected chi connectivity index (χ3v) is 2.67. The summed E-state index contributed by atoms with van der Waals surface area (Å²) in [6, 6.07) is 0. The number of rotatable bonds is 7. The van der Waals surface area contributed by atoms with E-state index in [0.717, 1.165) is 0 Å². The van der Waals surface area contributed by atoms with Crippen molar-refractivity contribution in [3.8, 4) is 0 Å².